The standard InChI is InChI=1S/C18H13N3O5/c1-10-17(12-4-2-3-5-13(12)19-10)15(22)9-20-14-8-11(21(24)25)6-7-16(14)26-18(20)23/h2-8,19H,9H2,1H3. The van der Waals surface area contributed by atoms with Crippen LogP contribution in [-0.2, 0) is 6.54 Å². The Labute approximate surface area is 145 Å². The highest BCUT2D eigenvalue weighted by Gasteiger charge is 2.20. The van der Waals surface area contributed by atoms with Crippen LogP contribution in [0.4, 0.5) is 5.69 Å². The van der Waals surface area contributed by atoms with Crippen molar-refractivity contribution in [2.45, 2.75) is 13.5 Å². The van der Waals surface area contributed by atoms with Crippen molar-refractivity contribution in [1.29, 1.82) is 0 Å². The lowest BCUT2D eigenvalue weighted by Crippen LogP contribution is -2.20. The number of nitrogens with one attached hydrogen (secondary N) is 1. The number of carbonyl (C=O) groups is 1. The number of nitro groups is 1. The van der Waals surface area contributed by atoms with Gasteiger partial charge < -0.3 is 9.40 Å². The first-order chi connectivity index (χ1) is 12.5. The molecule has 0 aliphatic heterocycles. The number of nitrogens with zero attached hydrogens (tertiary/aromatic N) is 2. The predicted molar refractivity (Wildman–Crippen MR) is 94.5 cm³/mol. The summed E-state index contributed by atoms with van der Waals surface area (Å²) < 4.78 is 6.21. The maximum atomic E-state index is 12.9. The lowest BCUT2D eigenvalue weighted by Gasteiger charge is -2.03. The first-order valence-corrected chi connectivity index (χ1v) is 7.84. The first kappa shape index (κ1) is 15.8. The minimum Gasteiger partial charge on any atom is -0.408 e. The van der Waals surface area contributed by atoms with Gasteiger partial charge in [0.05, 0.1) is 17.0 Å². The molecule has 1 N–H and O–H groups in total. The molecule has 0 unspecified atom stereocenters. The molecule has 0 amide bonds. The number of aryl methyl sites for hydroxylation is 1. The number of oxazole rings is 1. The molecule has 0 saturated heterocycles. The Balaban J connectivity index is 1.81. The van der Waals surface area contributed by atoms with E-state index in [9.17, 15) is 19.7 Å². The van der Waals surface area contributed by atoms with Crippen LogP contribution in [0.5, 0.6) is 0 Å². The van der Waals surface area contributed by atoms with Gasteiger partial charge in [0.25, 0.3) is 5.69 Å². The van der Waals surface area contributed by atoms with Gasteiger partial charge in [0.1, 0.15) is 0 Å². The summed E-state index contributed by atoms with van der Waals surface area (Å²) in [5.74, 6) is -1.01. The Bertz CT molecular complexity index is 1240. The Kier molecular flexibility index (Phi) is 3.47. The van der Waals surface area contributed by atoms with Crippen LogP contribution < -0.4 is 5.76 Å². The number of aromatic nitrogens is 2. The Morgan fingerprint density at radius 2 is 2.04 bits per heavy atom. The number of H-pyrrole nitrogens is 1. The third-order valence-corrected chi connectivity index (χ3v) is 4.34. The van der Waals surface area contributed by atoms with E-state index in [-0.39, 0.29) is 29.1 Å². The van der Waals surface area contributed by atoms with Crippen LogP contribution >= 0.6 is 0 Å². The van der Waals surface area contributed by atoms with Crippen LogP contribution in [0.25, 0.3) is 22.0 Å². The summed E-state index contributed by atoms with van der Waals surface area (Å²) in [5, 5.41) is 11.7. The fraction of sp³-hybridized carbons (Fsp3) is 0.111. The lowest BCUT2D eigenvalue weighted by molar-refractivity contribution is -0.384. The minimum absolute atomic E-state index is 0.178. The van der Waals surface area contributed by atoms with E-state index in [1.807, 2.05) is 24.3 Å². The summed E-state index contributed by atoms with van der Waals surface area (Å²) in [7, 11) is 0. The summed E-state index contributed by atoms with van der Waals surface area (Å²) >= 11 is 0. The van der Waals surface area contributed by atoms with Crippen LogP contribution in [-0.4, -0.2) is 20.3 Å². The van der Waals surface area contributed by atoms with Crippen molar-refractivity contribution in [3.8, 4) is 0 Å². The van der Waals surface area contributed by atoms with Crippen LogP contribution in [0, 0.1) is 17.0 Å². The zero-order chi connectivity index (χ0) is 18.4. The van der Waals surface area contributed by atoms with Gasteiger partial charge in [-0.2, -0.15) is 0 Å². The van der Waals surface area contributed by atoms with Crippen LogP contribution in [0.15, 0.2) is 51.7 Å². The molecule has 4 aromatic rings. The number of rotatable bonds is 4. The number of benzene rings is 2. The molecule has 26 heavy (non-hydrogen) atoms. The Morgan fingerprint density at radius 3 is 2.81 bits per heavy atom. The SMILES string of the molecule is Cc1[nH]c2ccccc2c1C(=O)Cn1c(=O)oc2ccc([N+](=O)[O-])cc21. The highest BCUT2D eigenvalue weighted by atomic mass is 16.6. The number of para-hydroxylation sites is 1. The number of fused-ring (bicyclic) bond motifs is 2. The van der Waals surface area contributed by atoms with E-state index in [0.29, 0.717) is 11.3 Å². The molecule has 0 atom stereocenters. The van der Waals surface area contributed by atoms with Crippen LogP contribution in [0.1, 0.15) is 16.1 Å². The van der Waals surface area contributed by atoms with E-state index in [1.165, 1.54) is 18.2 Å². The topological polar surface area (TPSA) is 111 Å². The van der Waals surface area contributed by atoms with Gasteiger partial charge in [0.15, 0.2) is 11.4 Å². The van der Waals surface area contributed by atoms with E-state index in [1.54, 1.807) is 6.92 Å². The van der Waals surface area contributed by atoms with Crippen molar-refractivity contribution >= 4 is 33.5 Å². The van der Waals surface area contributed by atoms with Gasteiger partial charge in [-0.3, -0.25) is 19.5 Å². The normalized spacial score (nSPS) is 11.3. The van der Waals surface area contributed by atoms with Gasteiger partial charge >= 0.3 is 5.76 Å². The first-order valence-electron chi connectivity index (χ1n) is 7.84. The summed E-state index contributed by atoms with van der Waals surface area (Å²) in [6.07, 6.45) is 0. The van der Waals surface area contributed by atoms with Gasteiger partial charge in [-0.15, -0.1) is 0 Å². The number of aromatic amines is 1. The zero-order valence-electron chi connectivity index (χ0n) is 13.7. The van der Waals surface area contributed by atoms with Crippen LogP contribution in [0.2, 0.25) is 0 Å². The minimum atomic E-state index is -0.730. The van der Waals surface area contributed by atoms with Gasteiger partial charge in [-0.05, 0) is 19.1 Å². The average molecular weight is 351 g/mol. The summed E-state index contributed by atoms with van der Waals surface area (Å²) in [6, 6.07) is 11.2. The molecule has 8 nitrogen and oxygen atoms in total. The zero-order valence-corrected chi connectivity index (χ0v) is 13.7. The van der Waals surface area contributed by atoms with Gasteiger partial charge in [0.2, 0.25) is 0 Å². The number of nitro benzene ring substituents is 1. The Hall–Kier alpha value is -3.68. The van der Waals surface area contributed by atoms with Gasteiger partial charge in [0, 0.05) is 34.3 Å². The second kappa shape index (κ2) is 5.69. The van der Waals surface area contributed by atoms with Crippen molar-refractivity contribution < 1.29 is 14.1 Å². The number of ketones is 1. The van der Waals surface area contributed by atoms with Crippen molar-refractivity contribution in [2.24, 2.45) is 0 Å². The molecule has 2 heterocycles. The van der Waals surface area contributed by atoms with Crippen molar-refractivity contribution in [1.82, 2.24) is 9.55 Å². The highest BCUT2D eigenvalue weighted by molar-refractivity contribution is 6.09. The molecule has 130 valence electrons. The average Bonchev–Trinajstić information content (AvgIpc) is 3.10. The molecule has 0 bridgehead atoms. The number of carbonyl (C=O) groups excluding carboxylic acids is 1. The molecule has 0 saturated carbocycles. The molecule has 4 rings (SSSR count). The molecular formula is C18H13N3O5. The van der Waals surface area contributed by atoms with Crippen LogP contribution in [0.3, 0.4) is 0 Å². The molecule has 0 fully saturated rings. The molecule has 0 aliphatic rings. The number of non-ortho nitro benzene ring substituents is 1. The lowest BCUT2D eigenvalue weighted by atomic mass is 10.1. The quantitative estimate of drug-likeness (QED) is 0.345. The fourth-order valence-corrected chi connectivity index (χ4v) is 3.17. The van der Waals surface area contributed by atoms with E-state index < -0.39 is 10.7 Å². The second-order valence-corrected chi connectivity index (χ2v) is 5.96. The number of hydrogen-bond acceptors (Lipinski definition) is 5. The summed E-state index contributed by atoms with van der Waals surface area (Å²) in [5.41, 5.74) is 2.26. The Morgan fingerprint density at radius 1 is 1.27 bits per heavy atom. The van der Waals surface area contributed by atoms with Crippen molar-refractivity contribution in [2.75, 3.05) is 0 Å². The molecule has 0 spiro atoms. The molecule has 2 aromatic heterocycles. The van der Waals surface area contributed by atoms with E-state index >= 15 is 0 Å². The number of Topliss-reactive ketones (excluding diaryl/α,β-unsaturated/α-hetero) is 1. The molecular weight excluding hydrogens is 338 g/mol. The van der Waals surface area contributed by atoms with E-state index in [2.05, 4.69) is 4.98 Å². The third kappa shape index (κ3) is 2.39. The van der Waals surface area contributed by atoms with Crippen molar-refractivity contribution in [3.05, 3.63) is 74.4 Å². The smallest absolute Gasteiger partial charge is 0.408 e. The fourth-order valence-electron chi connectivity index (χ4n) is 3.17. The molecule has 0 aliphatic carbocycles. The highest BCUT2D eigenvalue weighted by Crippen LogP contribution is 2.24. The van der Waals surface area contributed by atoms with Gasteiger partial charge in [-0.25, -0.2) is 4.79 Å². The largest absolute Gasteiger partial charge is 0.420 e. The van der Waals surface area contributed by atoms with Crippen molar-refractivity contribution in [3.63, 3.8) is 0 Å². The second-order valence-electron chi connectivity index (χ2n) is 5.96. The summed E-state index contributed by atoms with van der Waals surface area (Å²) in [4.78, 5) is 38.6. The third-order valence-electron chi connectivity index (χ3n) is 4.34. The van der Waals surface area contributed by atoms with E-state index in [4.69, 9.17) is 4.42 Å². The summed E-state index contributed by atoms with van der Waals surface area (Å²) in [6.45, 7) is 1.52. The molecule has 8 heteroatoms. The monoisotopic (exact) mass is 351 g/mol. The molecule has 2 aromatic carbocycles. The maximum absolute atomic E-state index is 12.9. The number of hydrogen-bond donors (Lipinski definition) is 1. The molecule has 0 radical (unpaired) electrons. The predicted octanol–water partition coefficient (Wildman–Crippen LogP) is 3.18. The van der Waals surface area contributed by atoms with Gasteiger partial charge in [-0.1, -0.05) is 18.2 Å². The van der Waals surface area contributed by atoms with E-state index in [0.717, 1.165) is 15.5 Å². The maximum Gasteiger partial charge on any atom is 0.420 e.